The maximum absolute atomic E-state index is 11.8. The van der Waals surface area contributed by atoms with Gasteiger partial charge in [0, 0.05) is 17.7 Å². The lowest BCUT2D eigenvalue weighted by Crippen LogP contribution is -2.36. The number of aromatic amines is 1. The molecule has 0 unspecified atom stereocenters. The highest BCUT2D eigenvalue weighted by molar-refractivity contribution is 5.02. The van der Waals surface area contributed by atoms with Crippen LogP contribution in [-0.2, 0) is 4.74 Å². The van der Waals surface area contributed by atoms with E-state index in [0.29, 0.717) is 12.0 Å². The Bertz CT molecular complexity index is 564. The Balaban J connectivity index is 2.44. The van der Waals surface area contributed by atoms with Gasteiger partial charge in [-0.05, 0) is 13.3 Å². The fraction of sp³-hybridized carbons (Fsp3) is 0.667. The van der Waals surface area contributed by atoms with Crippen LogP contribution in [0.4, 0.5) is 0 Å². The number of hydrogen-bond donors (Lipinski definition) is 3. The van der Waals surface area contributed by atoms with Crippen molar-refractivity contribution in [2.24, 2.45) is 5.92 Å². The third kappa shape index (κ3) is 2.36. The first-order valence-corrected chi connectivity index (χ1v) is 6.26. The second kappa shape index (κ2) is 5.28. The number of aliphatic hydroxyl groups excluding tert-OH is 2. The molecule has 1 saturated heterocycles. The highest BCUT2D eigenvalue weighted by atomic mass is 16.5. The summed E-state index contributed by atoms with van der Waals surface area (Å²) in [4.78, 5) is 25.4. The van der Waals surface area contributed by atoms with Gasteiger partial charge in [-0.3, -0.25) is 14.3 Å². The Hall–Kier alpha value is -1.44. The van der Waals surface area contributed by atoms with Gasteiger partial charge in [0.25, 0.3) is 5.56 Å². The van der Waals surface area contributed by atoms with E-state index in [1.54, 1.807) is 6.92 Å². The number of aryl methyl sites for hydroxylation is 1. The van der Waals surface area contributed by atoms with Gasteiger partial charge < -0.3 is 14.9 Å². The third-order valence-electron chi connectivity index (χ3n) is 3.57. The molecular weight excluding hydrogens is 252 g/mol. The Kier molecular flexibility index (Phi) is 3.88. The van der Waals surface area contributed by atoms with Crippen molar-refractivity contribution in [3.05, 3.63) is 32.6 Å². The van der Waals surface area contributed by atoms with Gasteiger partial charge in [0.15, 0.2) is 0 Å². The third-order valence-corrected chi connectivity index (χ3v) is 3.57. The molecule has 1 aromatic heterocycles. The highest BCUT2D eigenvalue weighted by Gasteiger charge is 2.43. The number of nitrogens with zero attached hydrogens (tertiary/aromatic N) is 1. The summed E-state index contributed by atoms with van der Waals surface area (Å²) in [5.74, 6) is -0.305. The minimum atomic E-state index is -0.834. The van der Waals surface area contributed by atoms with E-state index in [2.05, 4.69) is 4.98 Å². The number of aliphatic hydroxyl groups is 2. The molecule has 1 aromatic rings. The van der Waals surface area contributed by atoms with E-state index >= 15 is 0 Å². The van der Waals surface area contributed by atoms with Crippen LogP contribution in [0.15, 0.2) is 15.8 Å². The number of ether oxygens (including phenoxy) is 1. The van der Waals surface area contributed by atoms with Gasteiger partial charge in [0.2, 0.25) is 0 Å². The van der Waals surface area contributed by atoms with Crippen molar-refractivity contribution in [1.29, 1.82) is 0 Å². The van der Waals surface area contributed by atoms with Crippen LogP contribution in [0.1, 0.15) is 25.1 Å². The SMILES string of the molecule is CC[C@@H]1[C@H](O)[C@@H](CO)O[C@H]1n1cc(C)c(=O)[nH]c1=O. The van der Waals surface area contributed by atoms with Crippen molar-refractivity contribution in [2.45, 2.75) is 38.7 Å². The second-order valence-electron chi connectivity index (χ2n) is 4.79. The first-order chi connectivity index (χ1) is 8.99. The van der Waals surface area contributed by atoms with Crippen LogP contribution >= 0.6 is 0 Å². The van der Waals surface area contributed by atoms with Crippen LogP contribution in [0.5, 0.6) is 0 Å². The van der Waals surface area contributed by atoms with Crippen molar-refractivity contribution in [2.75, 3.05) is 6.61 Å². The molecule has 0 radical (unpaired) electrons. The molecule has 19 heavy (non-hydrogen) atoms. The Labute approximate surface area is 109 Å². The molecule has 0 aliphatic carbocycles. The first kappa shape index (κ1) is 14.0. The Morgan fingerprint density at radius 2 is 2.16 bits per heavy atom. The average molecular weight is 270 g/mol. The molecule has 0 saturated carbocycles. The molecule has 0 aromatic carbocycles. The van der Waals surface area contributed by atoms with Crippen LogP contribution in [-0.4, -0.2) is 38.6 Å². The van der Waals surface area contributed by atoms with Gasteiger partial charge in [-0.15, -0.1) is 0 Å². The topological polar surface area (TPSA) is 105 Å². The summed E-state index contributed by atoms with van der Waals surface area (Å²) in [6.07, 6.45) is -0.220. The molecule has 1 fully saturated rings. The van der Waals surface area contributed by atoms with Crippen LogP contribution < -0.4 is 11.2 Å². The average Bonchev–Trinajstić information content (AvgIpc) is 2.70. The molecule has 3 N–H and O–H groups in total. The van der Waals surface area contributed by atoms with Gasteiger partial charge >= 0.3 is 5.69 Å². The van der Waals surface area contributed by atoms with Gasteiger partial charge in [-0.2, -0.15) is 0 Å². The van der Waals surface area contributed by atoms with Crippen molar-refractivity contribution in [3.63, 3.8) is 0 Å². The largest absolute Gasteiger partial charge is 0.394 e. The van der Waals surface area contributed by atoms with E-state index in [-0.39, 0.29) is 12.5 Å². The summed E-state index contributed by atoms with van der Waals surface area (Å²) >= 11 is 0. The number of aromatic nitrogens is 2. The van der Waals surface area contributed by atoms with E-state index in [9.17, 15) is 14.7 Å². The summed E-state index contributed by atoms with van der Waals surface area (Å²) in [7, 11) is 0. The summed E-state index contributed by atoms with van der Waals surface area (Å²) < 4.78 is 6.80. The monoisotopic (exact) mass is 270 g/mol. The highest BCUT2D eigenvalue weighted by Crippen LogP contribution is 2.35. The van der Waals surface area contributed by atoms with E-state index in [1.165, 1.54) is 10.8 Å². The molecule has 4 atom stereocenters. The zero-order chi connectivity index (χ0) is 14.2. The molecule has 0 spiro atoms. The lowest BCUT2D eigenvalue weighted by atomic mass is 9.97. The van der Waals surface area contributed by atoms with Gasteiger partial charge in [0.1, 0.15) is 12.3 Å². The van der Waals surface area contributed by atoms with E-state index in [0.717, 1.165) is 0 Å². The lowest BCUT2D eigenvalue weighted by molar-refractivity contribution is -0.0482. The minimum Gasteiger partial charge on any atom is -0.394 e. The fourth-order valence-corrected chi connectivity index (χ4v) is 2.45. The molecule has 7 heteroatoms. The smallest absolute Gasteiger partial charge is 0.330 e. The molecule has 1 aliphatic rings. The Morgan fingerprint density at radius 3 is 2.74 bits per heavy atom. The fourth-order valence-electron chi connectivity index (χ4n) is 2.45. The number of nitrogens with one attached hydrogen (secondary N) is 1. The Morgan fingerprint density at radius 1 is 1.47 bits per heavy atom. The van der Waals surface area contributed by atoms with Gasteiger partial charge in [0.05, 0.1) is 12.7 Å². The summed E-state index contributed by atoms with van der Waals surface area (Å²) in [5.41, 5.74) is -0.628. The van der Waals surface area contributed by atoms with E-state index in [1.807, 2.05) is 6.92 Å². The lowest BCUT2D eigenvalue weighted by Gasteiger charge is -2.20. The van der Waals surface area contributed by atoms with E-state index < -0.39 is 29.7 Å². The molecule has 106 valence electrons. The molecular formula is C12H18N2O5. The first-order valence-electron chi connectivity index (χ1n) is 6.26. The molecule has 2 heterocycles. The quantitative estimate of drug-likeness (QED) is 0.661. The molecule has 0 amide bonds. The van der Waals surface area contributed by atoms with Crippen LogP contribution in [0.3, 0.4) is 0 Å². The number of hydrogen-bond acceptors (Lipinski definition) is 5. The zero-order valence-corrected chi connectivity index (χ0v) is 10.9. The van der Waals surface area contributed by atoms with Crippen LogP contribution in [0.25, 0.3) is 0 Å². The maximum atomic E-state index is 11.8. The summed E-state index contributed by atoms with van der Waals surface area (Å²) in [6.45, 7) is 3.14. The number of H-pyrrole nitrogens is 1. The van der Waals surface area contributed by atoms with Crippen molar-refractivity contribution >= 4 is 0 Å². The van der Waals surface area contributed by atoms with E-state index in [4.69, 9.17) is 9.84 Å². The predicted octanol–water partition coefficient (Wildman–Crippen LogP) is -0.878. The molecule has 7 nitrogen and oxygen atoms in total. The van der Waals surface area contributed by atoms with Crippen molar-refractivity contribution in [1.82, 2.24) is 9.55 Å². The minimum absolute atomic E-state index is 0.305. The summed E-state index contributed by atoms with van der Waals surface area (Å²) in [5, 5.41) is 19.2. The molecule has 0 bridgehead atoms. The standard InChI is InChI=1S/C12H18N2O5/c1-3-7-9(16)8(5-15)19-11(7)14-4-6(2)10(17)13-12(14)18/h4,7-9,11,15-16H,3,5H2,1-2H3,(H,13,17,18)/t7-,8-,9+,11-/m1/s1. The summed E-state index contributed by atoms with van der Waals surface area (Å²) in [6, 6.07) is 0. The second-order valence-corrected chi connectivity index (χ2v) is 4.79. The predicted molar refractivity (Wildman–Crippen MR) is 66.8 cm³/mol. The normalized spacial score (nSPS) is 30.7. The van der Waals surface area contributed by atoms with Crippen molar-refractivity contribution in [3.8, 4) is 0 Å². The van der Waals surface area contributed by atoms with Gasteiger partial charge in [-0.1, -0.05) is 6.92 Å². The molecule has 1 aliphatic heterocycles. The van der Waals surface area contributed by atoms with Crippen molar-refractivity contribution < 1.29 is 14.9 Å². The van der Waals surface area contributed by atoms with Crippen LogP contribution in [0, 0.1) is 12.8 Å². The maximum Gasteiger partial charge on any atom is 0.330 e. The van der Waals surface area contributed by atoms with Gasteiger partial charge in [-0.25, -0.2) is 4.79 Å². The zero-order valence-electron chi connectivity index (χ0n) is 10.9. The number of rotatable bonds is 3. The van der Waals surface area contributed by atoms with Crippen LogP contribution in [0.2, 0.25) is 0 Å². The molecule has 2 rings (SSSR count).